The Balaban J connectivity index is 1.92. The zero-order chi connectivity index (χ0) is 21.1. The van der Waals surface area contributed by atoms with Gasteiger partial charge in [0.25, 0.3) is 5.91 Å². The molecule has 150 valence electrons. The number of carbonyl (C=O) groups excluding carboxylic acids is 1. The molecular formula is C22H20N6O2. The van der Waals surface area contributed by atoms with E-state index in [0.717, 1.165) is 5.39 Å². The minimum Gasteiger partial charge on any atom is -0.494 e. The number of hydrogen-bond acceptors (Lipinski definition) is 7. The number of rotatable bonds is 6. The second kappa shape index (κ2) is 8.04. The molecule has 0 aliphatic carbocycles. The van der Waals surface area contributed by atoms with Crippen molar-refractivity contribution in [1.82, 2.24) is 15.0 Å². The molecule has 5 N–H and O–H groups in total. The molecule has 8 nitrogen and oxygen atoms in total. The maximum atomic E-state index is 11.9. The van der Waals surface area contributed by atoms with Crippen molar-refractivity contribution in [3.05, 3.63) is 66.4 Å². The molecule has 0 aliphatic heterocycles. The summed E-state index contributed by atoms with van der Waals surface area (Å²) >= 11 is 0. The highest BCUT2D eigenvalue weighted by Gasteiger charge is 2.15. The predicted molar refractivity (Wildman–Crippen MR) is 117 cm³/mol. The Morgan fingerprint density at radius 1 is 1.10 bits per heavy atom. The number of fused-ring (bicyclic) bond motifs is 1. The Labute approximate surface area is 172 Å². The number of amides is 1. The smallest absolute Gasteiger partial charge is 0.250 e. The van der Waals surface area contributed by atoms with Crippen molar-refractivity contribution in [2.45, 2.75) is 6.92 Å². The fourth-order valence-electron chi connectivity index (χ4n) is 3.12. The van der Waals surface area contributed by atoms with Crippen molar-refractivity contribution in [2.75, 3.05) is 17.7 Å². The lowest BCUT2D eigenvalue weighted by molar-refractivity contribution is 0.100. The van der Waals surface area contributed by atoms with Gasteiger partial charge in [0.15, 0.2) is 5.82 Å². The Morgan fingerprint density at radius 2 is 1.93 bits per heavy atom. The van der Waals surface area contributed by atoms with Crippen LogP contribution in [0.25, 0.3) is 22.3 Å². The molecule has 4 aromatic rings. The molecule has 0 saturated heterocycles. The van der Waals surface area contributed by atoms with E-state index in [-0.39, 0.29) is 0 Å². The first-order valence-electron chi connectivity index (χ1n) is 9.38. The average molecular weight is 400 g/mol. The average Bonchev–Trinajstić information content (AvgIpc) is 2.74. The molecule has 0 aliphatic rings. The van der Waals surface area contributed by atoms with Gasteiger partial charge in [0.2, 0.25) is 0 Å². The number of carbonyl (C=O) groups is 1. The fraction of sp³-hybridized carbons (Fsp3) is 0.0909. The van der Waals surface area contributed by atoms with Crippen LogP contribution in [-0.2, 0) is 0 Å². The summed E-state index contributed by atoms with van der Waals surface area (Å²) in [6.07, 6.45) is 1.61. The molecular weight excluding hydrogens is 380 g/mol. The summed E-state index contributed by atoms with van der Waals surface area (Å²) in [6, 6.07) is 16.1. The minimum atomic E-state index is -0.539. The molecule has 0 radical (unpaired) electrons. The lowest BCUT2D eigenvalue weighted by Crippen LogP contribution is -2.13. The molecule has 0 bridgehead atoms. The number of nitrogens with zero attached hydrogens (tertiary/aromatic N) is 3. The summed E-state index contributed by atoms with van der Waals surface area (Å²) in [5.41, 5.74) is 13.8. The number of nitrogens with one attached hydrogen (secondary N) is 1. The van der Waals surface area contributed by atoms with Gasteiger partial charge in [0.1, 0.15) is 17.4 Å². The number of para-hydroxylation sites is 1. The van der Waals surface area contributed by atoms with E-state index in [1.54, 1.807) is 36.5 Å². The summed E-state index contributed by atoms with van der Waals surface area (Å²) in [7, 11) is 0. The largest absolute Gasteiger partial charge is 0.494 e. The number of pyridine rings is 1. The van der Waals surface area contributed by atoms with Gasteiger partial charge in [-0.05, 0) is 49.4 Å². The van der Waals surface area contributed by atoms with Crippen molar-refractivity contribution in [2.24, 2.45) is 5.73 Å². The standard InChI is InChI=1S/C22H20N6O2/c1-2-30-13-9-10-18-16(12-13)22(26-17-8-4-3-6-14(17)20(24)29)28-21(27-18)15-7-5-11-25-19(15)23/h3-12H,2H2,1H3,(H2,23,25)(H2,24,29)(H,26,27,28). The van der Waals surface area contributed by atoms with Crippen molar-refractivity contribution in [3.63, 3.8) is 0 Å². The molecule has 0 atom stereocenters. The van der Waals surface area contributed by atoms with Crippen molar-refractivity contribution < 1.29 is 9.53 Å². The van der Waals surface area contributed by atoms with Crippen LogP contribution in [0.15, 0.2) is 60.8 Å². The van der Waals surface area contributed by atoms with Crippen LogP contribution in [0.4, 0.5) is 17.3 Å². The normalized spacial score (nSPS) is 10.7. The summed E-state index contributed by atoms with van der Waals surface area (Å²) in [6.45, 7) is 2.45. The van der Waals surface area contributed by atoms with Gasteiger partial charge in [0.05, 0.1) is 28.9 Å². The molecule has 2 heterocycles. The quantitative estimate of drug-likeness (QED) is 0.451. The number of nitrogen functional groups attached to an aromatic ring is 1. The van der Waals surface area contributed by atoms with Crippen LogP contribution in [0.5, 0.6) is 5.75 Å². The topological polar surface area (TPSA) is 129 Å². The van der Waals surface area contributed by atoms with Gasteiger partial charge in [-0.15, -0.1) is 0 Å². The number of benzene rings is 2. The molecule has 0 fully saturated rings. The maximum Gasteiger partial charge on any atom is 0.250 e. The van der Waals surface area contributed by atoms with Crippen LogP contribution >= 0.6 is 0 Å². The van der Waals surface area contributed by atoms with E-state index < -0.39 is 5.91 Å². The molecule has 8 heteroatoms. The molecule has 30 heavy (non-hydrogen) atoms. The third-order valence-corrected chi connectivity index (χ3v) is 4.50. The van der Waals surface area contributed by atoms with E-state index in [4.69, 9.17) is 16.2 Å². The number of anilines is 3. The second-order valence-corrected chi connectivity index (χ2v) is 6.48. The molecule has 0 spiro atoms. The lowest BCUT2D eigenvalue weighted by atomic mass is 10.1. The van der Waals surface area contributed by atoms with Crippen LogP contribution in [-0.4, -0.2) is 27.5 Å². The Hall–Kier alpha value is -4.20. The van der Waals surface area contributed by atoms with Gasteiger partial charge >= 0.3 is 0 Å². The highest BCUT2D eigenvalue weighted by molar-refractivity contribution is 6.01. The molecule has 0 unspecified atom stereocenters. The zero-order valence-electron chi connectivity index (χ0n) is 16.3. The minimum absolute atomic E-state index is 0.325. The fourth-order valence-corrected chi connectivity index (χ4v) is 3.12. The molecule has 0 saturated carbocycles. The second-order valence-electron chi connectivity index (χ2n) is 6.48. The van der Waals surface area contributed by atoms with Gasteiger partial charge in [0, 0.05) is 11.6 Å². The Morgan fingerprint density at radius 3 is 2.70 bits per heavy atom. The van der Waals surface area contributed by atoms with Crippen LogP contribution in [0, 0.1) is 0 Å². The van der Waals surface area contributed by atoms with Crippen LogP contribution < -0.4 is 21.5 Å². The monoisotopic (exact) mass is 400 g/mol. The molecule has 4 rings (SSSR count). The number of hydrogen-bond donors (Lipinski definition) is 3. The number of aromatic nitrogens is 3. The van der Waals surface area contributed by atoms with E-state index in [0.29, 0.717) is 52.1 Å². The van der Waals surface area contributed by atoms with E-state index in [1.807, 2.05) is 31.2 Å². The summed E-state index contributed by atoms with van der Waals surface area (Å²) in [4.78, 5) is 25.3. The third kappa shape index (κ3) is 3.70. The summed E-state index contributed by atoms with van der Waals surface area (Å²) < 4.78 is 5.63. The highest BCUT2D eigenvalue weighted by Crippen LogP contribution is 2.32. The number of nitrogens with two attached hydrogens (primary N) is 2. The predicted octanol–water partition coefficient (Wildman–Crippen LogP) is 3.52. The van der Waals surface area contributed by atoms with Crippen LogP contribution in [0.1, 0.15) is 17.3 Å². The van der Waals surface area contributed by atoms with Crippen molar-refractivity contribution >= 4 is 34.1 Å². The van der Waals surface area contributed by atoms with Crippen LogP contribution in [0.3, 0.4) is 0 Å². The van der Waals surface area contributed by atoms with Gasteiger partial charge in [-0.3, -0.25) is 4.79 Å². The lowest BCUT2D eigenvalue weighted by Gasteiger charge is -2.14. The first kappa shape index (κ1) is 19.1. The molecule has 1 amide bonds. The van der Waals surface area contributed by atoms with Gasteiger partial charge in [-0.25, -0.2) is 15.0 Å². The SMILES string of the molecule is CCOc1ccc2nc(-c3cccnc3N)nc(Nc3ccccc3C(N)=O)c2c1. The molecule has 2 aromatic heterocycles. The highest BCUT2D eigenvalue weighted by atomic mass is 16.5. The van der Waals surface area contributed by atoms with Gasteiger partial charge in [-0.2, -0.15) is 0 Å². The van der Waals surface area contributed by atoms with E-state index >= 15 is 0 Å². The third-order valence-electron chi connectivity index (χ3n) is 4.50. The summed E-state index contributed by atoms with van der Waals surface area (Å²) in [5, 5.41) is 3.96. The number of ether oxygens (including phenoxy) is 1. The Kier molecular flexibility index (Phi) is 5.13. The van der Waals surface area contributed by atoms with Gasteiger partial charge < -0.3 is 21.5 Å². The first-order chi connectivity index (χ1) is 14.6. The maximum absolute atomic E-state index is 11.9. The summed E-state index contributed by atoms with van der Waals surface area (Å²) in [5.74, 6) is 1.38. The van der Waals surface area contributed by atoms with E-state index in [1.165, 1.54) is 0 Å². The van der Waals surface area contributed by atoms with Crippen molar-refractivity contribution in [3.8, 4) is 17.1 Å². The van der Waals surface area contributed by atoms with Crippen LogP contribution in [0.2, 0.25) is 0 Å². The van der Waals surface area contributed by atoms with Crippen molar-refractivity contribution in [1.29, 1.82) is 0 Å². The molecule has 2 aromatic carbocycles. The number of primary amides is 1. The first-order valence-corrected chi connectivity index (χ1v) is 9.38. The van der Waals surface area contributed by atoms with E-state index in [9.17, 15) is 4.79 Å². The Bertz CT molecular complexity index is 1240. The van der Waals surface area contributed by atoms with E-state index in [2.05, 4.69) is 20.3 Å². The zero-order valence-corrected chi connectivity index (χ0v) is 16.3. The van der Waals surface area contributed by atoms with Gasteiger partial charge in [-0.1, -0.05) is 12.1 Å².